The van der Waals surface area contributed by atoms with Crippen LogP contribution in [0.4, 0.5) is 14.7 Å². The lowest BCUT2D eigenvalue weighted by molar-refractivity contribution is -0.0592. The lowest BCUT2D eigenvalue weighted by Crippen LogP contribution is -2.47. The predicted octanol–water partition coefficient (Wildman–Crippen LogP) is 3.71. The van der Waals surface area contributed by atoms with Crippen molar-refractivity contribution in [1.82, 2.24) is 29.4 Å². The Balaban J connectivity index is 1.12. The molecule has 5 heterocycles. The first-order valence-corrected chi connectivity index (χ1v) is 13.3. The minimum Gasteiger partial charge on any atom is -0.470 e. The average molecular weight is 567 g/mol. The summed E-state index contributed by atoms with van der Waals surface area (Å²) in [5.74, 6) is -0.287. The third-order valence-corrected chi connectivity index (χ3v) is 7.31. The van der Waals surface area contributed by atoms with Gasteiger partial charge in [-0.1, -0.05) is 17.7 Å². The molecule has 3 aromatic heterocycles. The van der Waals surface area contributed by atoms with E-state index in [9.17, 15) is 14.0 Å². The van der Waals surface area contributed by atoms with Gasteiger partial charge in [-0.05, 0) is 24.6 Å². The van der Waals surface area contributed by atoms with Gasteiger partial charge in [0.1, 0.15) is 29.8 Å². The second-order valence-electron chi connectivity index (χ2n) is 9.71. The predicted molar refractivity (Wildman–Crippen MR) is 142 cm³/mol. The van der Waals surface area contributed by atoms with E-state index in [4.69, 9.17) is 26.1 Å². The van der Waals surface area contributed by atoms with Gasteiger partial charge in [0.25, 0.3) is 5.88 Å². The third-order valence-electron chi connectivity index (χ3n) is 7.07. The van der Waals surface area contributed by atoms with Gasteiger partial charge in [-0.2, -0.15) is 14.6 Å². The molecule has 0 aliphatic carbocycles. The number of benzene rings is 1. The largest absolute Gasteiger partial charge is 0.470 e. The molecule has 40 heavy (non-hydrogen) atoms. The first kappa shape index (κ1) is 26.3. The van der Waals surface area contributed by atoms with Crippen LogP contribution in [0, 0.1) is 23.0 Å². The van der Waals surface area contributed by atoms with Crippen LogP contribution in [0.3, 0.4) is 0 Å². The van der Waals surface area contributed by atoms with Crippen molar-refractivity contribution in [3.05, 3.63) is 70.3 Å². The van der Waals surface area contributed by atoms with Gasteiger partial charge in [-0.15, -0.1) is 0 Å². The SMILES string of the molecule is N#Cc1cnc2c(c1)nc(CN1CCN(c3ncc(F)c(OCc4ccc(Cl)cc4F)n3)CC1)n2CC1CCO1. The second kappa shape index (κ2) is 11.3. The molecule has 6 rings (SSSR count). The van der Waals surface area contributed by atoms with Gasteiger partial charge in [0, 0.05) is 49.6 Å². The van der Waals surface area contributed by atoms with E-state index in [2.05, 4.69) is 30.5 Å². The molecule has 0 radical (unpaired) electrons. The number of rotatable bonds is 8. The van der Waals surface area contributed by atoms with Gasteiger partial charge in [0.15, 0.2) is 5.65 Å². The Morgan fingerprint density at radius 1 is 1.07 bits per heavy atom. The van der Waals surface area contributed by atoms with Crippen molar-refractivity contribution in [3.8, 4) is 11.9 Å². The molecule has 0 amide bonds. The molecule has 13 heteroatoms. The maximum Gasteiger partial charge on any atom is 0.255 e. The smallest absolute Gasteiger partial charge is 0.255 e. The Labute approximate surface area is 233 Å². The molecule has 0 saturated carbocycles. The molecule has 0 spiro atoms. The number of piperazine rings is 1. The molecule has 2 fully saturated rings. The van der Waals surface area contributed by atoms with Crippen molar-refractivity contribution in [1.29, 1.82) is 5.26 Å². The molecular weight excluding hydrogens is 542 g/mol. The number of pyridine rings is 1. The van der Waals surface area contributed by atoms with Crippen LogP contribution in [0.1, 0.15) is 23.4 Å². The van der Waals surface area contributed by atoms with Gasteiger partial charge in [-0.3, -0.25) is 4.90 Å². The minimum atomic E-state index is -0.723. The van der Waals surface area contributed by atoms with Crippen LogP contribution >= 0.6 is 11.6 Å². The van der Waals surface area contributed by atoms with Crippen LogP contribution in [0.2, 0.25) is 5.02 Å². The van der Waals surface area contributed by atoms with Crippen LogP contribution in [0.5, 0.6) is 5.88 Å². The fraction of sp³-hybridized carbons (Fsp3) is 0.370. The van der Waals surface area contributed by atoms with Crippen LogP contribution in [0.15, 0.2) is 36.7 Å². The molecule has 0 N–H and O–H groups in total. The molecule has 4 aromatic rings. The lowest BCUT2D eigenvalue weighted by Gasteiger charge is -2.34. The van der Waals surface area contributed by atoms with E-state index >= 15 is 0 Å². The Bertz CT molecular complexity index is 1580. The van der Waals surface area contributed by atoms with Crippen molar-refractivity contribution in [3.63, 3.8) is 0 Å². The van der Waals surface area contributed by atoms with E-state index < -0.39 is 11.6 Å². The minimum absolute atomic E-state index is 0.133. The average Bonchev–Trinajstić information content (AvgIpc) is 3.27. The fourth-order valence-corrected chi connectivity index (χ4v) is 4.91. The highest BCUT2D eigenvalue weighted by Crippen LogP contribution is 2.24. The molecule has 10 nitrogen and oxygen atoms in total. The number of ether oxygens (including phenoxy) is 2. The molecule has 1 aromatic carbocycles. The highest BCUT2D eigenvalue weighted by molar-refractivity contribution is 6.30. The Morgan fingerprint density at radius 3 is 2.62 bits per heavy atom. The first-order valence-electron chi connectivity index (χ1n) is 12.9. The van der Waals surface area contributed by atoms with Crippen molar-refractivity contribution in [2.75, 3.05) is 37.7 Å². The molecule has 1 atom stereocenters. The van der Waals surface area contributed by atoms with E-state index in [1.165, 1.54) is 12.1 Å². The van der Waals surface area contributed by atoms with Gasteiger partial charge < -0.3 is 18.9 Å². The first-order chi connectivity index (χ1) is 19.5. The van der Waals surface area contributed by atoms with Crippen molar-refractivity contribution in [2.24, 2.45) is 0 Å². The summed E-state index contributed by atoms with van der Waals surface area (Å²) < 4.78 is 41.7. The molecule has 2 aliphatic rings. The Kier molecular flexibility index (Phi) is 7.42. The molecule has 1 unspecified atom stereocenters. The summed E-state index contributed by atoms with van der Waals surface area (Å²) in [5.41, 5.74) is 2.15. The van der Waals surface area contributed by atoms with Crippen LogP contribution in [-0.2, 0) is 24.4 Å². The fourth-order valence-electron chi connectivity index (χ4n) is 4.75. The number of fused-ring (bicyclic) bond motifs is 1. The van der Waals surface area contributed by atoms with E-state index in [-0.39, 0.29) is 29.2 Å². The van der Waals surface area contributed by atoms with Crippen molar-refractivity contribution < 1.29 is 18.3 Å². The van der Waals surface area contributed by atoms with Gasteiger partial charge in [-0.25, -0.2) is 19.3 Å². The Morgan fingerprint density at radius 2 is 1.90 bits per heavy atom. The maximum absolute atomic E-state index is 14.4. The van der Waals surface area contributed by atoms with Gasteiger partial charge >= 0.3 is 0 Å². The maximum atomic E-state index is 14.4. The van der Waals surface area contributed by atoms with Gasteiger partial charge in [0.05, 0.1) is 31.0 Å². The zero-order valence-corrected chi connectivity index (χ0v) is 22.2. The molecular formula is C27H25ClF2N8O2. The summed E-state index contributed by atoms with van der Waals surface area (Å²) in [6.07, 6.45) is 3.76. The number of aromatic nitrogens is 5. The molecule has 206 valence electrons. The van der Waals surface area contributed by atoms with Crippen LogP contribution in [0.25, 0.3) is 11.2 Å². The summed E-state index contributed by atoms with van der Waals surface area (Å²) in [7, 11) is 0. The van der Waals surface area contributed by atoms with E-state index in [0.29, 0.717) is 56.3 Å². The summed E-state index contributed by atoms with van der Waals surface area (Å²) in [6.45, 7) is 4.46. The summed E-state index contributed by atoms with van der Waals surface area (Å²) in [5, 5.41) is 9.53. The van der Waals surface area contributed by atoms with Crippen LogP contribution in [-0.4, -0.2) is 68.3 Å². The normalized spacial score (nSPS) is 17.6. The van der Waals surface area contributed by atoms with Gasteiger partial charge in [0.2, 0.25) is 11.8 Å². The number of imidazole rings is 1. The Hall–Kier alpha value is -3.92. The number of hydrogen-bond donors (Lipinski definition) is 0. The zero-order valence-electron chi connectivity index (χ0n) is 21.4. The van der Waals surface area contributed by atoms with E-state index in [1.807, 2.05) is 4.90 Å². The topological polar surface area (TPSA) is 105 Å². The summed E-state index contributed by atoms with van der Waals surface area (Å²) >= 11 is 5.79. The molecule has 2 saturated heterocycles. The zero-order chi connectivity index (χ0) is 27.6. The number of hydrogen-bond acceptors (Lipinski definition) is 9. The standard InChI is InChI=1S/C27H25ClF2N8O2/c28-19-2-1-18(21(29)10-19)16-40-26-22(30)13-33-27(35-26)37-6-4-36(5-7-37)15-24-34-23-9-17(11-31)12-32-25(23)38(24)14-20-3-8-39-20/h1-2,9-10,12-13,20H,3-8,14-16H2. The monoisotopic (exact) mass is 566 g/mol. The van der Waals surface area contributed by atoms with Crippen LogP contribution < -0.4 is 9.64 Å². The van der Waals surface area contributed by atoms with Crippen molar-refractivity contribution in [2.45, 2.75) is 32.2 Å². The van der Waals surface area contributed by atoms with E-state index in [1.54, 1.807) is 18.3 Å². The van der Waals surface area contributed by atoms with E-state index in [0.717, 1.165) is 30.7 Å². The third kappa shape index (κ3) is 5.54. The number of nitriles is 1. The lowest BCUT2D eigenvalue weighted by atomic mass is 10.2. The number of anilines is 1. The second-order valence-corrected chi connectivity index (χ2v) is 10.1. The highest BCUT2D eigenvalue weighted by atomic mass is 35.5. The summed E-state index contributed by atoms with van der Waals surface area (Å²) in [6, 6.07) is 8.09. The quantitative estimate of drug-likeness (QED) is 0.315. The molecule has 0 bridgehead atoms. The molecule has 2 aliphatic heterocycles. The number of halogens is 3. The summed E-state index contributed by atoms with van der Waals surface area (Å²) in [4.78, 5) is 21.9. The highest BCUT2D eigenvalue weighted by Gasteiger charge is 2.26. The number of nitrogens with zero attached hydrogens (tertiary/aromatic N) is 8. The van der Waals surface area contributed by atoms with Crippen molar-refractivity contribution >= 4 is 28.7 Å².